The molecule has 0 aliphatic heterocycles. The van der Waals surface area contributed by atoms with E-state index in [9.17, 15) is 0 Å². The standard InChI is InChI=1S/C9H21NO2/c1-4-12-7-9(10)6-5-8(2)11-3/h8-9H,4-7,10H2,1-3H3. The SMILES string of the molecule is CCOCC(N)CCC(C)OC. The molecular weight excluding hydrogens is 154 g/mol. The van der Waals surface area contributed by atoms with Gasteiger partial charge in [0.2, 0.25) is 0 Å². The Morgan fingerprint density at radius 2 is 2.00 bits per heavy atom. The van der Waals surface area contributed by atoms with Crippen LogP contribution >= 0.6 is 0 Å². The summed E-state index contributed by atoms with van der Waals surface area (Å²) in [7, 11) is 1.72. The lowest BCUT2D eigenvalue weighted by Crippen LogP contribution is -2.27. The van der Waals surface area contributed by atoms with Gasteiger partial charge < -0.3 is 15.2 Å². The van der Waals surface area contributed by atoms with Crippen LogP contribution in [0.5, 0.6) is 0 Å². The number of hydrogen-bond acceptors (Lipinski definition) is 3. The number of nitrogens with two attached hydrogens (primary N) is 1. The maximum atomic E-state index is 5.78. The van der Waals surface area contributed by atoms with Crippen LogP contribution in [0, 0.1) is 0 Å². The quantitative estimate of drug-likeness (QED) is 0.631. The molecule has 0 heterocycles. The van der Waals surface area contributed by atoms with Gasteiger partial charge in [-0.1, -0.05) is 0 Å². The molecule has 0 aliphatic rings. The first-order chi connectivity index (χ1) is 5.70. The van der Waals surface area contributed by atoms with Gasteiger partial charge in [-0.15, -0.1) is 0 Å². The summed E-state index contributed by atoms with van der Waals surface area (Å²) in [5.41, 5.74) is 5.78. The molecule has 0 fully saturated rings. The third-order valence-corrected chi connectivity index (χ3v) is 1.88. The largest absolute Gasteiger partial charge is 0.382 e. The highest BCUT2D eigenvalue weighted by Crippen LogP contribution is 2.02. The summed E-state index contributed by atoms with van der Waals surface area (Å²) in [5.74, 6) is 0. The maximum absolute atomic E-state index is 5.78. The molecule has 74 valence electrons. The third-order valence-electron chi connectivity index (χ3n) is 1.88. The zero-order chi connectivity index (χ0) is 9.40. The van der Waals surface area contributed by atoms with E-state index in [1.807, 2.05) is 13.8 Å². The fourth-order valence-corrected chi connectivity index (χ4v) is 0.919. The van der Waals surface area contributed by atoms with Crippen molar-refractivity contribution in [3.05, 3.63) is 0 Å². The van der Waals surface area contributed by atoms with Crippen LogP contribution in [-0.4, -0.2) is 32.5 Å². The number of methoxy groups -OCH3 is 1. The van der Waals surface area contributed by atoms with E-state index in [0.29, 0.717) is 12.7 Å². The summed E-state index contributed by atoms with van der Waals surface area (Å²) in [6.07, 6.45) is 2.28. The van der Waals surface area contributed by atoms with E-state index in [4.69, 9.17) is 15.2 Å². The highest BCUT2D eigenvalue weighted by atomic mass is 16.5. The molecule has 2 atom stereocenters. The molecule has 0 aromatic carbocycles. The van der Waals surface area contributed by atoms with Crippen molar-refractivity contribution in [3.63, 3.8) is 0 Å². The predicted molar refractivity (Wildman–Crippen MR) is 50.2 cm³/mol. The van der Waals surface area contributed by atoms with E-state index in [0.717, 1.165) is 19.4 Å². The van der Waals surface area contributed by atoms with Crippen LogP contribution in [0.3, 0.4) is 0 Å². The Balaban J connectivity index is 3.24. The van der Waals surface area contributed by atoms with E-state index >= 15 is 0 Å². The highest BCUT2D eigenvalue weighted by molar-refractivity contribution is 4.62. The average molecular weight is 175 g/mol. The van der Waals surface area contributed by atoms with Gasteiger partial charge in [0.15, 0.2) is 0 Å². The minimum atomic E-state index is 0.155. The summed E-state index contributed by atoms with van der Waals surface area (Å²) in [6, 6.07) is 0.155. The van der Waals surface area contributed by atoms with Gasteiger partial charge >= 0.3 is 0 Å². The van der Waals surface area contributed by atoms with Crippen LogP contribution < -0.4 is 5.73 Å². The molecule has 2 N–H and O–H groups in total. The second kappa shape index (κ2) is 7.53. The highest BCUT2D eigenvalue weighted by Gasteiger charge is 2.05. The number of ether oxygens (including phenoxy) is 2. The van der Waals surface area contributed by atoms with Gasteiger partial charge in [-0.05, 0) is 26.7 Å². The predicted octanol–water partition coefficient (Wildman–Crippen LogP) is 1.17. The second-order valence-electron chi connectivity index (χ2n) is 3.04. The molecular formula is C9H21NO2. The molecule has 0 radical (unpaired) electrons. The van der Waals surface area contributed by atoms with E-state index in [-0.39, 0.29) is 6.04 Å². The second-order valence-corrected chi connectivity index (χ2v) is 3.04. The van der Waals surface area contributed by atoms with Crippen molar-refractivity contribution in [1.29, 1.82) is 0 Å². The Morgan fingerprint density at radius 3 is 2.50 bits per heavy atom. The minimum Gasteiger partial charge on any atom is -0.382 e. The molecule has 0 saturated heterocycles. The molecule has 3 heteroatoms. The summed E-state index contributed by atoms with van der Waals surface area (Å²) in [4.78, 5) is 0. The lowest BCUT2D eigenvalue weighted by molar-refractivity contribution is 0.0949. The molecule has 0 amide bonds. The van der Waals surface area contributed by atoms with Gasteiger partial charge in [0, 0.05) is 19.8 Å². The summed E-state index contributed by atoms with van der Waals surface area (Å²) in [6.45, 7) is 5.43. The van der Waals surface area contributed by atoms with E-state index in [1.54, 1.807) is 7.11 Å². The van der Waals surface area contributed by atoms with Crippen LogP contribution in [0.2, 0.25) is 0 Å². The molecule has 2 unspecified atom stereocenters. The van der Waals surface area contributed by atoms with Gasteiger partial charge in [-0.25, -0.2) is 0 Å². The van der Waals surface area contributed by atoms with Crippen molar-refractivity contribution in [1.82, 2.24) is 0 Å². The molecule has 0 aliphatic carbocycles. The topological polar surface area (TPSA) is 44.5 Å². The molecule has 3 nitrogen and oxygen atoms in total. The molecule has 12 heavy (non-hydrogen) atoms. The molecule has 0 aromatic heterocycles. The van der Waals surface area contributed by atoms with Gasteiger partial charge in [0.05, 0.1) is 12.7 Å². The van der Waals surface area contributed by atoms with E-state index in [2.05, 4.69) is 0 Å². The fourth-order valence-electron chi connectivity index (χ4n) is 0.919. The summed E-state index contributed by atoms with van der Waals surface area (Å²) in [5, 5.41) is 0. The number of rotatable bonds is 7. The normalized spacial score (nSPS) is 16.0. The van der Waals surface area contributed by atoms with Gasteiger partial charge in [0.25, 0.3) is 0 Å². The van der Waals surface area contributed by atoms with Crippen molar-refractivity contribution in [2.45, 2.75) is 38.8 Å². The molecule has 0 spiro atoms. The van der Waals surface area contributed by atoms with Gasteiger partial charge in [0.1, 0.15) is 0 Å². The molecule has 0 bridgehead atoms. The van der Waals surface area contributed by atoms with Crippen molar-refractivity contribution in [2.24, 2.45) is 5.73 Å². The zero-order valence-electron chi connectivity index (χ0n) is 8.38. The van der Waals surface area contributed by atoms with Crippen LogP contribution in [-0.2, 0) is 9.47 Å². The fraction of sp³-hybridized carbons (Fsp3) is 1.00. The van der Waals surface area contributed by atoms with Crippen LogP contribution in [0.25, 0.3) is 0 Å². The maximum Gasteiger partial charge on any atom is 0.0617 e. The Morgan fingerprint density at radius 1 is 1.33 bits per heavy atom. The smallest absolute Gasteiger partial charge is 0.0617 e. The first-order valence-corrected chi connectivity index (χ1v) is 4.56. The van der Waals surface area contributed by atoms with Crippen LogP contribution in [0.1, 0.15) is 26.7 Å². The average Bonchev–Trinajstić information content (AvgIpc) is 2.10. The van der Waals surface area contributed by atoms with Crippen molar-refractivity contribution in [2.75, 3.05) is 20.3 Å². The lowest BCUT2D eigenvalue weighted by atomic mass is 10.1. The Bertz CT molecular complexity index is 98.5. The van der Waals surface area contributed by atoms with Crippen LogP contribution in [0.4, 0.5) is 0 Å². The lowest BCUT2D eigenvalue weighted by Gasteiger charge is -2.14. The zero-order valence-corrected chi connectivity index (χ0v) is 8.38. The Kier molecular flexibility index (Phi) is 7.45. The van der Waals surface area contributed by atoms with Gasteiger partial charge in [-0.2, -0.15) is 0 Å². The Hall–Kier alpha value is -0.120. The number of hydrogen-bond donors (Lipinski definition) is 1. The van der Waals surface area contributed by atoms with Gasteiger partial charge in [-0.3, -0.25) is 0 Å². The minimum absolute atomic E-state index is 0.155. The third kappa shape index (κ3) is 6.58. The summed E-state index contributed by atoms with van der Waals surface area (Å²) < 4.78 is 10.3. The molecule has 0 saturated carbocycles. The van der Waals surface area contributed by atoms with Crippen molar-refractivity contribution in [3.8, 4) is 0 Å². The van der Waals surface area contributed by atoms with Crippen molar-refractivity contribution >= 4 is 0 Å². The monoisotopic (exact) mass is 175 g/mol. The first kappa shape index (κ1) is 11.9. The molecule has 0 aromatic rings. The van der Waals surface area contributed by atoms with Crippen LogP contribution in [0.15, 0.2) is 0 Å². The van der Waals surface area contributed by atoms with E-state index < -0.39 is 0 Å². The summed E-state index contributed by atoms with van der Waals surface area (Å²) >= 11 is 0. The first-order valence-electron chi connectivity index (χ1n) is 4.56. The van der Waals surface area contributed by atoms with Crippen molar-refractivity contribution < 1.29 is 9.47 Å². The Labute approximate surface area is 75.2 Å². The van der Waals surface area contributed by atoms with E-state index in [1.165, 1.54) is 0 Å². The molecule has 0 rings (SSSR count).